The van der Waals surface area contributed by atoms with Crippen LogP contribution in [0.4, 0.5) is 0 Å². The molecule has 0 rings (SSSR count). The molecule has 0 spiro atoms. The molecular formula is C21H34O2S. The highest BCUT2D eigenvalue weighted by Crippen LogP contribution is 2.12. The second kappa shape index (κ2) is 18.1. The third-order valence-corrected chi connectivity index (χ3v) is 4.23. The lowest BCUT2D eigenvalue weighted by molar-refractivity contribution is -0.139. The quantitative estimate of drug-likeness (QED) is 0.192. The summed E-state index contributed by atoms with van der Waals surface area (Å²) >= 11 is 4.74. The van der Waals surface area contributed by atoms with Crippen molar-refractivity contribution in [1.29, 1.82) is 0 Å². The van der Waals surface area contributed by atoms with Crippen LogP contribution in [0.15, 0.2) is 36.5 Å². The highest BCUT2D eigenvalue weighted by Gasteiger charge is 2.12. The molecule has 136 valence electrons. The van der Waals surface area contributed by atoms with Crippen LogP contribution in [-0.4, -0.2) is 16.4 Å². The number of hydrogen-bond acceptors (Lipinski definition) is 2. The third kappa shape index (κ3) is 15.7. The molecule has 0 aliphatic rings. The van der Waals surface area contributed by atoms with Crippen molar-refractivity contribution < 1.29 is 9.90 Å². The Morgan fingerprint density at radius 3 is 2.00 bits per heavy atom. The number of hydrogen-bond donors (Lipinski definition) is 1. The van der Waals surface area contributed by atoms with Gasteiger partial charge in [0.15, 0.2) is 0 Å². The first-order valence-corrected chi connectivity index (χ1v) is 9.82. The first-order valence-electron chi connectivity index (χ1n) is 9.35. The van der Waals surface area contributed by atoms with Crippen LogP contribution in [0.25, 0.3) is 0 Å². The van der Waals surface area contributed by atoms with Gasteiger partial charge in [-0.05, 0) is 43.9 Å². The van der Waals surface area contributed by atoms with Crippen molar-refractivity contribution in [3.05, 3.63) is 36.5 Å². The average Bonchev–Trinajstić information content (AvgIpc) is 2.57. The molecule has 1 unspecified atom stereocenters. The fourth-order valence-corrected chi connectivity index (χ4v) is 2.66. The van der Waals surface area contributed by atoms with E-state index in [0.29, 0.717) is 6.42 Å². The van der Waals surface area contributed by atoms with E-state index >= 15 is 0 Å². The Morgan fingerprint density at radius 1 is 0.875 bits per heavy atom. The maximum absolute atomic E-state index is 10.8. The highest BCUT2D eigenvalue weighted by atomic mass is 32.1. The zero-order chi connectivity index (χ0) is 17.9. The van der Waals surface area contributed by atoms with Gasteiger partial charge in [0, 0.05) is 0 Å². The normalized spacial score (nSPS) is 13.2. The smallest absolute Gasteiger partial charge is 0.311 e. The molecule has 0 aromatic heterocycles. The molecule has 1 N–H and O–H groups in total. The summed E-state index contributed by atoms with van der Waals surface area (Å²) in [6.45, 7) is 2.15. The molecule has 0 saturated heterocycles. The molecule has 0 aliphatic heterocycles. The number of carboxylic acid groups (broad SMARTS) is 1. The number of unbranched alkanes of at least 4 members (excludes halogenated alkanes) is 6. The van der Waals surface area contributed by atoms with E-state index in [2.05, 4.69) is 43.4 Å². The Hall–Kier alpha value is -1.22. The molecule has 2 nitrogen and oxygen atoms in total. The van der Waals surface area contributed by atoms with Crippen molar-refractivity contribution in [3.63, 3.8) is 0 Å². The third-order valence-electron chi connectivity index (χ3n) is 3.90. The maximum atomic E-state index is 10.8. The lowest BCUT2D eigenvalue weighted by Crippen LogP contribution is -2.13. The average molecular weight is 351 g/mol. The molecule has 0 saturated carbocycles. The van der Waals surface area contributed by atoms with Gasteiger partial charge in [0.25, 0.3) is 0 Å². The summed E-state index contributed by atoms with van der Waals surface area (Å²) < 4.78 is 0. The Bertz CT molecular complexity index is 397. The van der Waals surface area contributed by atoms with Crippen molar-refractivity contribution >= 4 is 23.6 Å². The van der Waals surface area contributed by atoms with Crippen molar-refractivity contribution in [2.45, 2.75) is 77.6 Å². The summed E-state index contributed by atoms with van der Waals surface area (Å²) in [6.07, 6.45) is 25.4. The predicted molar refractivity (Wildman–Crippen MR) is 109 cm³/mol. The number of aliphatic carboxylic acids is 1. The zero-order valence-corrected chi connectivity index (χ0v) is 16.0. The van der Waals surface area contributed by atoms with Crippen LogP contribution >= 0.6 is 12.2 Å². The van der Waals surface area contributed by atoms with Gasteiger partial charge in [0.1, 0.15) is 0 Å². The molecule has 0 aromatic carbocycles. The van der Waals surface area contributed by atoms with E-state index in [-0.39, 0.29) is 0 Å². The topological polar surface area (TPSA) is 37.3 Å². The first kappa shape index (κ1) is 22.8. The molecular weight excluding hydrogens is 316 g/mol. The maximum Gasteiger partial charge on any atom is 0.311 e. The van der Waals surface area contributed by atoms with E-state index in [0.717, 1.165) is 38.5 Å². The van der Waals surface area contributed by atoms with Gasteiger partial charge in [0.05, 0.1) is 5.92 Å². The van der Waals surface area contributed by atoms with Crippen LogP contribution < -0.4 is 0 Å². The molecule has 1 atom stereocenters. The zero-order valence-electron chi connectivity index (χ0n) is 15.2. The fraction of sp³-hybridized carbons (Fsp3) is 0.619. The molecule has 0 heterocycles. The van der Waals surface area contributed by atoms with Gasteiger partial charge < -0.3 is 5.11 Å². The Morgan fingerprint density at radius 2 is 1.42 bits per heavy atom. The summed E-state index contributed by atoms with van der Waals surface area (Å²) in [5.74, 6) is -1.23. The second-order valence-corrected chi connectivity index (χ2v) is 6.35. The molecule has 0 amide bonds. The van der Waals surface area contributed by atoms with Crippen molar-refractivity contribution in [1.82, 2.24) is 0 Å². The van der Waals surface area contributed by atoms with Crippen LogP contribution in [0.3, 0.4) is 0 Å². The molecule has 0 bridgehead atoms. The summed E-state index contributed by atoms with van der Waals surface area (Å²) in [5.41, 5.74) is 0. The minimum Gasteiger partial charge on any atom is -0.481 e. The Kier molecular flexibility index (Phi) is 17.2. The number of allylic oxidation sites excluding steroid dienone is 6. The second-order valence-electron chi connectivity index (χ2n) is 6.07. The van der Waals surface area contributed by atoms with E-state index in [4.69, 9.17) is 17.3 Å². The fourth-order valence-electron chi connectivity index (χ4n) is 2.41. The predicted octanol–water partition coefficient (Wildman–Crippen LogP) is 6.67. The number of thiocarbonyl (C=S) groups is 1. The van der Waals surface area contributed by atoms with Crippen molar-refractivity contribution in [2.75, 3.05) is 0 Å². The van der Waals surface area contributed by atoms with Gasteiger partial charge >= 0.3 is 5.97 Å². The van der Waals surface area contributed by atoms with Gasteiger partial charge in [-0.25, -0.2) is 0 Å². The van der Waals surface area contributed by atoms with Crippen LogP contribution in [-0.2, 0) is 4.79 Å². The van der Waals surface area contributed by atoms with Crippen LogP contribution in [0.1, 0.15) is 77.6 Å². The van der Waals surface area contributed by atoms with Crippen LogP contribution in [0, 0.1) is 5.92 Å². The summed E-state index contributed by atoms with van der Waals surface area (Å²) in [5, 5.41) is 10.3. The summed E-state index contributed by atoms with van der Waals surface area (Å²) in [7, 11) is 0. The molecule has 24 heavy (non-hydrogen) atoms. The van der Waals surface area contributed by atoms with E-state index < -0.39 is 11.9 Å². The molecule has 0 radical (unpaired) electrons. The van der Waals surface area contributed by atoms with E-state index in [9.17, 15) is 4.79 Å². The monoisotopic (exact) mass is 350 g/mol. The van der Waals surface area contributed by atoms with Crippen LogP contribution in [0.5, 0.6) is 0 Å². The van der Waals surface area contributed by atoms with Crippen LogP contribution in [0.2, 0.25) is 0 Å². The van der Waals surface area contributed by atoms with Gasteiger partial charge in [-0.1, -0.05) is 87.7 Å². The molecule has 0 fully saturated rings. The lowest BCUT2D eigenvalue weighted by atomic mass is 10.0. The van der Waals surface area contributed by atoms with Gasteiger partial charge in [-0.3, -0.25) is 4.79 Å². The molecule has 0 aliphatic carbocycles. The highest BCUT2D eigenvalue weighted by molar-refractivity contribution is 7.79. The minimum absolute atomic E-state index is 0.443. The van der Waals surface area contributed by atoms with Gasteiger partial charge in [-0.2, -0.15) is 0 Å². The molecule has 0 aromatic rings. The van der Waals surface area contributed by atoms with E-state index in [1.165, 1.54) is 31.1 Å². The molecule has 3 heteroatoms. The van der Waals surface area contributed by atoms with Gasteiger partial charge in [0.2, 0.25) is 0 Å². The first-order chi connectivity index (χ1) is 11.7. The van der Waals surface area contributed by atoms with Gasteiger partial charge in [-0.15, -0.1) is 0 Å². The Balaban J connectivity index is 3.36. The number of carbonyl (C=O) groups is 1. The lowest BCUT2D eigenvalue weighted by Gasteiger charge is -2.05. The standard InChI is InChI=1S/C21H34O2S/c1-2-3-4-5-6-7-8-9-10-11-12-13-14-15-16-17-18-20(19-24)21(22)23/h3-4,6-7,9-10,19-20H,2,5,8,11-18H2,1H3,(H,22,23)/b4-3-,7-6-,10-9-. The Labute approximate surface area is 153 Å². The van der Waals surface area contributed by atoms with Crippen molar-refractivity contribution in [2.24, 2.45) is 5.92 Å². The SMILES string of the molecule is CC/C=C\C/C=C\C/C=C\CCCCCCCCC(C=S)C(=O)O. The number of carboxylic acids is 1. The minimum atomic E-state index is -0.788. The number of rotatable bonds is 16. The summed E-state index contributed by atoms with van der Waals surface area (Å²) in [6, 6.07) is 0. The summed E-state index contributed by atoms with van der Waals surface area (Å²) in [4.78, 5) is 10.8. The van der Waals surface area contributed by atoms with E-state index in [1.807, 2.05) is 0 Å². The van der Waals surface area contributed by atoms with Crippen molar-refractivity contribution in [3.8, 4) is 0 Å². The largest absolute Gasteiger partial charge is 0.481 e. The van der Waals surface area contributed by atoms with E-state index in [1.54, 1.807) is 0 Å².